The molecule has 0 saturated carbocycles. The van der Waals surface area contributed by atoms with Crippen LogP contribution < -0.4 is 14.8 Å². The van der Waals surface area contributed by atoms with Crippen LogP contribution in [-0.4, -0.2) is 60.3 Å². The highest BCUT2D eigenvalue weighted by atomic mass is 16.6. The molecule has 11 heteroatoms. The molecular weight excluding hydrogens is 472 g/mol. The number of anilines is 1. The van der Waals surface area contributed by atoms with Crippen molar-refractivity contribution in [3.63, 3.8) is 0 Å². The fourth-order valence-corrected chi connectivity index (χ4v) is 3.01. The maximum Gasteiger partial charge on any atom is 0.349 e. The normalized spacial score (nSPS) is 11.9. The number of nitrogens with zero attached hydrogens (tertiary/aromatic N) is 1. The predicted molar refractivity (Wildman–Crippen MR) is 125 cm³/mol. The van der Waals surface area contributed by atoms with E-state index in [0.717, 1.165) is 0 Å². The van der Waals surface area contributed by atoms with E-state index in [9.17, 15) is 24.3 Å². The van der Waals surface area contributed by atoms with E-state index in [1.165, 1.54) is 75.1 Å². The molecule has 186 valence electrons. The number of aromatic nitrogens is 1. The molecule has 1 heterocycles. The zero-order valence-electron chi connectivity index (χ0n) is 19.2. The van der Waals surface area contributed by atoms with E-state index < -0.39 is 36.0 Å². The van der Waals surface area contributed by atoms with Crippen molar-refractivity contribution in [1.82, 2.24) is 4.98 Å². The van der Waals surface area contributed by atoms with Crippen molar-refractivity contribution in [1.29, 1.82) is 0 Å². The SMILES string of the molecule is COc1cccc(C(=O)OC(C(=O)O)C(OC(=O)c2cccc(OC)c2)C(=O)Nc2ccncc2)c1. The molecule has 0 radical (unpaired) electrons. The molecule has 2 aromatic carbocycles. The first-order chi connectivity index (χ1) is 17.3. The highest BCUT2D eigenvalue weighted by Gasteiger charge is 2.41. The second kappa shape index (κ2) is 12.0. The molecule has 11 nitrogen and oxygen atoms in total. The minimum atomic E-state index is -2.18. The van der Waals surface area contributed by atoms with Crippen molar-refractivity contribution in [2.24, 2.45) is 0 Å². The van der Waals surface area contributed by atoms with Gasteiger partial charge in [-0.1, -0.05) is 12.1 Å². The number of ether oxygens (including phenoxy) is 4. The van der Waals surface area contributed by atoms with Crippen LogP contribution in [0.5, 0.6) is 11.5 Å². The van der Waals surface area contributed by atoms with Crippen molar-refractivity contribution in [3.05, 3.63) is 84.2 Å². The Balaban J connectivity index is 1.91. The van der Waals surface area contributed by atoms with Crippen LogP contribution in [0.15, 0.2) is 73.1 Å². The third-order valence-corrected chi connectivity index (χ3v) is 4.80. The summed E-state index contributed by atoms with van der Waals surface area (Å²) in [6.45, 7) is 0. The van der Waals surface area contributed by atoms with Crippen molar-refractivity contribution in [3.8, 4) is 11.5 Å². The lowest BCUT2D eigenvalue weighted by atomic mass is 10.1. The van der Waals surface area contributed by atoms with Gasteiger partial charge < -0.3 is 29.4 Å². The summed E-state index contributed by atoms with van der Waals surface area (Å²) in [6.07, 6.45) is -1.45. The van der Waals surface area contributed by atoms with Gasteiger partial charge >= 0.3 is 17.9 Å². The number of hydrogen-bond donors (Lipinski definition) is 2. The summed E-state index contributed by atoms with van der Waals surface area (Å²) in [7, 11) is 2.79. The van der Waals surface area contributed by atoms with Gasteiger partial charge in [-0.25, -0.2) is 14.4 Å². The van der Waals surface area contributed by atoms with Crippen LogP contribution in [0, 0.1) is 0 Å². The molecule has 3 rings (SSSR count). The maximum atomic E-state index is 13.1. The molecular formula is C25H22N2O9. The molecule has 0 aliphatic rings. The van der Waals surface area contributed by atoms with E-state index >= 15 is 0 Å². The van der Waals surface area contributed by atoms with E-state index in [4.69, 9.17) is 18.9 Å². The average molecular weight is 494 g/mol. The number of amides is 1. The Labute approximate surface area is 205 Å². The maximum absolute atomic E-state index is 13.1. The number of carboxylic acids is 1. The summed E-state index contributed by atoms with van der Waals surface area (Å²) in [5, 5.41) is 12.3. The lowest BCUT2D eigenvalue weighted by molar-refractivity contribution is -0.157. The molecule has 0 spiro atoms. The smallest absolute Gasteiger partial charge is 0.349 e. The van der Waals surface area contributed by atoms with E-state index in [1.54, 1.807) is 12.1 Å². The Bertz CT molecular complexity index is 1250. The number of aliphatic carboxylic acids is 1. The van der Waals surface area contributed by atoms with Crippen molar-refractivity contribution in [2.75, 3.05) is 19.5 Å². The van der Waals surface area contributed by atoms with Crippen LogP contribution in [0.1, 0.15) is 20.7 Å². The Morgan fingerprint density at radius 2 is 1.28 bits per heavy atom. The summed E-state index contributed by atoms with van der Waals surface area (Å²) < 4.78 is 20.5. The first kappa shape index (κ1) is 25.7. The van der Waals surface area contributed by atoms with Crippen LogP contribution in [-0.2, 0) is 19.1 Å². The molecule has 1 amide bonds. The summed E-state index contributed by atoms with van der Waals surface area (Å²) in [4.78, 5) is 54.5. The molecule has 0 saturated heterocycles. The van der Waals surface area contributed by atoms with Gasteiger partial charge in [-0.3, -0.25) is 9.78 Å². The molecule has 0 fully saturated rings. The molecule has 2 N–H and O–H groups in total. The Morgan fingerprint density at radius 1 is 0.778 bits per heavy atom. The Hall–Kier alpha value is -4.93. The minimum absolute atomic E-state index is 0.0145. The van der Waals surface area contributed by atoms with Gasteiger partial charge in [-0.15, -0.1) is 0 Å². The summed E-state index contributed by atoms with van der Waals surface area (Å²) in [5.41, 5.74) is 0.202. The van der Waals surface area contributed by atoms with E-state index in [1.807, 2.05) is 0 Å². The van der Waals surface area contributed by atoms with Gasteiger partial charge in [0.2, 0.25) is 12.2 Å². The lowest BCUT2D eigenvalue weighted by Crippen LogP contribution is -2.48. The quantitative estimate of drug-likeness (QED) is 0.403. The lowest BCUT2D eigenvalue weighted by Gasteiger charge is -2.23. The molecule has 0 aliphatic heterocycles. The molecule has 2 unspecified atom stereocenters. The highest BCUT2D eigenvalue weighted by molar-refractivity contribution is 6.01. The molecule has 0 bridgehead atoms. The third kappa shape index (κ3) is 6.56. The Kier molecular flexibility index (Phi) is 8.54. The standard InChI is InChI=1S/C25H22N2O9/c1-33-18-7-3-5-15(13-18)24(31)35-20(22(28)27-17-9-11-26-12-10-17)21(23(29)30)36-25(32)16-6-4-8-19(14-16)34-2/h3-14,20-21H,1-2H3,(H,29,30)(H,26,27,28). The number of methoxy groups -OCH3 is 2. The number of pyridine rings is 1. The van der Waals surface area contributed by atoms with Crippen LogP contribution in [0.2, 0.25) is 0 Å². The second-order valence-electron chi connectivity index (χ2n) is 7.18. The first-order valence-corrected chi connectivity index (χ1v) is 10.5. The number of rotatable bonds is 10. The third-order valence-electron chi connectivity index (χ3n) is 4.80. The predicted octanol–water partition coefficient (Wildman–Crippen LogP) is 2.57. The second-order valence-corrected chi connectivity index (χ2v) is 7.18. The molecule has 0 aliphatic carbocycles. The number of nitrogens with one attached hydrogen (secondary N) is 1. The topological polar surface area (TPSA) is 150 Å². The van der Waals surface area contributed by atoms with Crippen molar-refractivity contribution in [2.45, 2.75) is 12.2 Å². The molecule has 36 heavy (non-hydrogen) atoms. The van der Waals surface area contributed by atoms with Gasteiger partial charge in [0.15, 0.2) is 0 Å². The van der Waals surface area contributed by atoms with E-state index in [0.29, 0.717) is 11.5 Å². The number of esters is 2. The first-order valence-electron chi connectivity index (χ1n) is 10.5. The molecule has 3 aromatic rings. The van der Waals surface area contributed by atoms with Crippen LogP contribution >= 0.6 is 0 Å². The fourth-order valence-electron chi connectivity index (χ4n) is 3.01. The van der Waals surface area contributed by atoms with Crippen molar-refractivity contribution < 1.29 is 43.2 Å². The largest absolute Gasteiger partial charge is 0.497 e. The van der Waals surface area contributed by atoms with Gasteiger partial charge in [0.05, 0.1) is 25.3 Å². The van der Waals surface area contributed by atoms with Crippen LogP contribution in [0.4, 0.5) is 5.69 Å². The van der Waals surface area contributed by atoms with E-state index in [-0.39, 0.29) is 16.8 Å². The Morgan fingerprint density at radius 3 is 1.75 bits per heavy atom. The fraction of sp³-hybridized carbons (Fsp3) is 0.160. The number of carbonyl (C=O) groups is 4. The van der Waals surface area contributed by atoms with Gasteiger partial charge in [0, 0.05) is 18.1 Å². The monoisotopic (exact) mass is 494 g/mol. The van der Waals surface area contributed by atoms with Crippen molar-refractivity contribution >= 4 is 29.5 Å². The number of carboxylic acid groups (broad SMARTS) is 1. The number of benzene rings is 2. The molecule has 2 atom stereocenters. The summed E-state index contributed by atoms with van der Waals surface area (Å²) in [5.74, 6) is -4.19. The van der Waals surface area contributed by atoms with Gasteiger partial charge in [0.25, 0.3) is 5.91 Å². The summed E-state index contributed by atoms with van der Waals surface area (Å²) in [6, 6.07) is 14.5. The number of carbonyl (C=O) groups excluding carboxylic acids is 3. The highest BCUT2D eigenvalue weighted by Crippen LogP contribution is 2.19. The number of hydrogen-bond acceptors (Lipinski definition) is 9. The molecule has 1 aromatic heterocycles. The van der Waals surface area contributed by atoms with Crippen LogP contribution in [0.25, 0.3) is 0 Å². The average Bonchev–Trinajstić information content (AvgIpc) is 2.90. The van der Waals surface area contributed by atoms with E-state index in [2.05, 4.69) is 10.3 Å². The summed E-state index contributed by atoms with van der Waals surface area (Å²) >= 11 is 0. The van der Waals surface area contributed by atoms with Gasteiger partial charge in [-0.2, -0.15) is 0 Å². The zero-order valence-corrected chi connectivity index (χ0v) is 19.2. The van der Waals surface area contributed by atoms with Crippen LogP contribution in [0.3, 0.4) is 0 Å². The van der Waals surface area contributed by atoms with Gasteiger partial charge in [0.1, 0.15) is 11.5 Å². The van der Waals surface area contributed by atoms with Gasteiger partial charge in [-0.05, 0) is 48.5 Å². The zero-order chi connectivity index (χ0) is 26.1. The minimum Gasteiger partial charge on any atom is -0.497 e.